The zero-order valence-electron chi connectivity index (χ0n) is 12.1. The van der Waals surface area contributed by atoms with Crippen LogP contribution in [0.2, 0.25) is 0 Å². The van der Waals surface area contributed by atoms with Crippen LogP contribution in [0.25, 0.3) is 0 Å². The first-order valence-corrected chi connectivity index (χ1v) is 6.10. The minimum absolute atomic E-state index is 0. The molecule has 0 N–H and O–H groups in total. The second kappa shape index (κ2) is 12.5. The Bertz CT molecular complexity index is 376. The molecule has 0 spiro atoms. The maximum absolute atomic E-state index is 2.22. The molecular formula is C16H22F2Zr. The molecule has 0 unspecified atom stereocenters. The molecule has 0 saturated carbocycles. The topological polar surface area (TPSA) is 0 Å². The number of rotatable bonds is 2. The number of halogens is 2. The van der Waals surface area contributed by atoms with Crippen LogP contribution < -0.4 is 9.41 Å². The van der Waals surface area contributed by atoms with Crippen LogP contribution in [0.5, 0.6) is 0 Å². The first kappa shape index (κ1) is 23.5. The van der Waals surface area contributed by atoms with Crippen molar-refractivity contribution < 1.29 is 35.6 Å². The molecule has 3 heteroatoms. The molecule has 19 heavy (non-hydrogen) atoms. The second-order valence-corrected chi connectivity index (χ2v) is 4.30. The summed E-state index contributed by atoms with van der Waals surface area (Å²) in [4.78, 5) is 0. The van der Waals surface area contributed by atoms with Gasteiger partial charge in [-0.3, -0.25) is 0 Å². The van der Waals surface area contributed by atoms with E-state index in [-0.39, 0.29) is 35.6 Å². The Morgan fingerprint density at radius 2 is 1.11 bits per heavy atom. The Morgan fingerprint density at radius 3 is 1.21 bits per heavy atom. The van der Waals surface area contributed by atoms with Crippen LogP contribution >= 0.6 is 0 Å². The van der Waals surface area contributed by atoms with Crippen LogP contribution in [-0.4, -0.2) is 0 Å². The quantitative estimate of drug-likeness (QED) is 0.586. The molecule has 0 aliphatic carbocycles. The Morgan fingerprint density at radius 1 is 0.789 bits per heavy atom. The average Bonchev–Trinajstić information content (AvgIpc) is 2.88. The molecule has 0 amide bonds. The van der Waals surface area contributed by atoms with E-state index in [0.29, 0.717) is 0 Å². The number of aryl methyl sites for hydroxylation is 4. The van der Waals surface area contributed by atoms with E-state index in [4.69, 9.17) is 0 Å². The fourth-order valence-electron chi connectivity index (χ4n) is 1.69. The van der Waals surface area contributed by atoms with E-state index >= 15 is 0 Å². The molecule has 0 aliphatic rings. The third-order valence-corrected chi connectivity index (χ3v) is 2.76. The third kappa shape index (κ3) is 9.05. The molecule has 0 radical (unpaired) electrons. The van der Waals surface area contributed by atoms with Gasteiger partial charge in [-0.05, 0) is 0 Å². The summed E-state index contributed by atoms with van der Waals surface area (Å²) in [7, 11) is 0. The smallest absolute Gasteiger partial charge is 1.00 e. The molecule has 0 bridgehead atoms. The van der Waals surface area contributed by atoms with E-state index in [9.17, 15) is 0 Å². The minimum Gasteiger partial charge on any atom is -1.00 e. The Labute approximate surface area is 134 Å². The molecule has 104 valence electrons. The molecule has 0 fully saturated rings. The summed E-state index contributed by atoms with van der Waals surface area (Å²) < 4.78 is 0. The van der Waals surface area contributed by atoms with E-state index in [1.807, 2.05) is 0 Å². The standard InChI is InChI=1S/2C8H11.2FH.Zr/c2*1-3-8-5-4-7(2)6-8;;;/h2*4-6H,3H2,1-2H3;2*1H;/q2*-1;;;+4/p-2. The fourth-order valence-corrected chi connectivity index (χ4v) is 1.69. The van der Waals surface area contributed by atoms with Gasteiger partial charge < -0.3 is 9.41 Å². The van der Waals surface area contributed by atoms with Gasteiger partial charge in [0.2, 0.25) is 0 Å². The average molecular weight is 344 g/mol. The summed E-state index contributed by atoms with van der Waals surface area (Å²) in [6, 6.07) is 13.1. The molecule has 0 atom stereocenters. The Hall–Kier alpha value is -0.557. The van der Waals surface area contributed by atoms with Crippen LogP contribution in [-0.2, 0) is 39.0 Å². The summed E-state index contributed by atoms with van der Waals surface area (Å²) in [5.74, 6) is 0. The van der Waals surface area contributed by atoms with Crippen LogP contribution in [0, 0.1) is 13.8 Å². The molecule has 2 rings (SSSR count). The summed E-state index contributed by atoms with van der Waals surface area (Å²) in [5.41, 5.74) is 5.65. The molecule has 2 aromatic carbocycles. The Kier molecular flexibility index (Phi) is 15.4. The SMILES string of the molecule is CC[c-]1ccc(C)c1.CC[c-]1ccc(C)c1.[F-].[F-].[Zr+4]. The molecule has 0 aromatic heterocycles. The zero-order chi connectivity index (χ0) is 12.0. The number of hydrogen-bond acceptors (Lipinski definition) is 0. The van der Waals surface area contributed by atoms with E-state index in [1.54, 1.807) is 0 Å². The maximum atomic E-state index is 2.22. The summed E-state index contributed by atoms with van der Waals surface area (Å²) >= 11 is 0. The molecular weight excluding hydrogens is 321 g/mol. The van der Waals surface area contributed by atoms with Crippen molar-refractivity contribution in [1.82, 2.24) is 0 Å². The van der Waals surface area contributed by atoms with Gasteiger partial charge in [0.05, 0.1) is 0 Å². The predicted octanol–water partition coefficient (Wildman–Crippen LogP) is -1.44. The maximum Gasteiger partial charge on any atom is 4.00 e. The minimum atomic E-state index is 0. The van der Waals surface area contributed by atoms with Crippen molar-refractivity contribution in [3.05, 3.63) is 58.7 Å². The van der Waals surface area contributed by atoms with Gasteiger partial charge in [-0.15, -0.1) is 0 Å². The van der Waals surface area contributed by atoms with Crippen molar-refractivity contribution >= 4 is 0 Å². The van der Waals surface area contributed by atoms with Crippen LogP contribution in [0.4, 0.5) is 0 Å². The number of hydrogen-bond donors (Lipinski definition) is 0. The molecule has 0 aliphatic heterocycles. The fraction of sp³-hybridized carbons (Fsp3) is 0.375. The van der Waals surface area contributed by atoms with E-state index in [0.717, 1.165) is 12.8 Å². The molecule has 0 saturated heterocycles. The summed E-state index contributed by atoms with van der Waals surface area (Å²) in [6.07, 6.45) is 2.32. The van der Waals surface area contributed by atoms with Gasteiger partial charge in [0, 0.05) is 0 Å². The zero-order valence-corrected chi connectivity index (χ0v) is 14.6. The molecule has 2 aromatic rings. The first-order chi connectivity index (χ1) is 7.65. The largest absolute Gasteiger partial charge is 4.00 e. The van der Waals surface area contributed by atoms with Crippen molar-refractivity contribution in [3.63, 3.8) is 0 Å². The van der Waals surface area contributed by atoms with Gasteiger partial charge in [0.25, 0.3) is 0 Å². The van der Waals surface area contributed by atoms with Crippen LogP contribution in [0.1, 0.15) is 36.1 Å². The van der Waals surface area contributed by atoms with Gasteiger partial charge in [0.15, 0.2) is 0 Å². The van der Waals surface area contributed by atoms with Gasteiger partial charge in [0.1, 0.15) is 0 Å². The van der Waals surface area contributed by atoms with Crippen LogP contribution in [0.3, 0.4) is 0 Å². The normalized spacial score (nSPS) is 8.21. The van der Waals surface area contributed by atoms with Crippen molar-refractivity contribution in [3.8, 4) is 0 Å². The second-order valence-electron chi connectivity index (χ2n) is 4.30. The summed E-state index contributed by atoms with van der Waals surface area (Å²) in [5, 5.41) is 0. The van der Waals surface area contributed by atoms with Crippen molar-refractivity contribution in [2.24, 2.45) is 0 Å². The third-order valence-electron chi connectivity index (χ3n) is 2.76. The van der Waals surface area contributed by atoms with E-state index in [2.05, 4.69) is 64.1 Å². The van der Waals surface area contributed by atoms with E-state index < -0.39 is 0 Å². The summed E-state index contributed by atoms with van der Waals surface area (Å²) in [6.45, 7) is 8.60. The van der Waals surface area contributed by atoms with Gasteiger partial charge in [-0.2, -0.15) is 35.4 Å². The molecule has 0 nitrogen and oxygen atoms in total. The van der Waals surface area contributed by atoms with Crippen molar-refractivity contribution in [1.29, 1.82) is 0 Å². The predicted molar refractivity (Wildman–Crippen MR) is 72.3 cm³/mol. The van der Waals surface area contributed by atoms with Crippen molar-refractivity contribution in [2.75, 3.05) is 0 Å². The van der Waals surface area contributed by atoms with Crippen LogP contribution in [0.15, 0.2) is 36.4 Å². The van der Waals surface area contributed by atoms with E-state index in [1.165, 1.54) is 22.3 Å². The molecule has 0 heterocycles. The van der Waals surface area contributed by atoms with Gasteiger partial charge >= 0.3 is 26.2 Å². The van der Waals surface area contributed by atoms with Gasteiger partial charge in [-0.1, -0.05) is 40.5 Å². The van der Waals surface area contributed by atoms with Gasteiger partial charge in [-0.25, -0.2) is 23.3 Å². The first-order valence-electron chi connectivity index (χ1n) is 6.10. The monoisotopic (exact) mass is 342 g/mol. The Balaban J connectivity index is -0.000000233. The van der Waals surface area contributed by atoms with Crippen molar-refractivity contribution in [2.45, 2.75) is 40.5 Å².